The van der Waals surface area contributed by atoms with E-state index in [1.807, 2.05) is 13.0 Å². The van der Waals surface area contributed by atoms with Crippen LogP contribution in [0.3, 0.4) is 0 Å². The highest BCUT2D eigenvalue weighted by Gasteiger charge is 2.40. The predicted molar refractivity (Wildman–Crippen MR) is 81.4 cm³/mol. The highest BCUT2D eigenvalue weighted by molar-refractivity contribution is 5.97. The zero-order valence-corrected chi connectivity index (χ0v) is 12.6. The van der Waals surface area contributed by atoms with Gasteiger partial charge in [0.1, 0.15) is 6.61 Å². The molecule has 0 bridgehead atoms. The number of hydrogen-bond acceptors (Lipinski definition) is 6. The van der Waals surface area contributed by atoms with E-state index in [0.29, 0.717) is 22.8 Å². The third kappa shape index (κ3) is 1.89. The second-order valence-corrected chi connectivity index (χ2v) is 5.57. The van der Waals surface area contributed by atoms with Crippen molar-refractivity contribution in [2.75, 3.05) is 19.0 Å². The van der Waals surface area contributed by atoms with Crippen LogP contribution < -0.4 is 10.1 Å². The Bertz CT molecular complexity index is 853. The summed E-state index contributed by atoms with van der Waals surface area (Å²) in [6.45, 7) is 2.11. The molecule has 0 saturated heterocycles. The van der Waals surface area contributed by atoms with Crippen molar-refractivity contribution >= 4 is 11.8 Å². The summed E-state index contributed by atoms with van der Waals surface area (Å²) in [7, 11) is 1.49. The Balaban J connectivity index is 1.92. The first-order valence-electron chi connectivity index (χ1n) is 7.19. The monoisotopic (exact) mass is 313 g/mol. The van der Waals surface area contributed by atoms with Crippen LogP contribution in [0.15, 0.2) is 29.5 Å². The third-order valence-corrected chi connectivity index (χ3v) is 4.27. The van der Waals surface area contributed by atoms with Crippen LogP contribution in [0.1, 0.15) is 22.7 Å². The average Bonchev–Trinajstić information content (AvgIpc) is 3.09. The summed E-state index contributed by atoms with van der Waals surface area (Å²) in [6, 6.07) is 5.13. The van der Waals surface area contributed by atoms with Crippen LogP contribution in [0.2, 0.25) is 0 Å². The fourth-order valence-corrected chi connectivity index (χ4v) is 3.21. The van der Waals surface area contributed by atoms with E-state index in [4.69, 9.17) is 9.47 Å². The van der Waals surface area contributed by atoms with Gasteiger partial charge in [0.05, 0.1) is 18.4 Å². The highest BCUT2D eigenvalue weighted by Crippen LogP contribution is 2.46. The number of phenols is 1. The van der Waals surface area contributed by atoms with Crippen molar-refractivity contribution in [2.45, 2.75) is 12.8 Å². The molecule has 0 aliphatic carbocycles. The maximum atomic E-state index is 12.2. The van der Waals surface area contributed by atoms with E-state index in [1.165, 1.54) is 7.11 Å². The molecule has 2 aliphatic rings. The van der Waals surface area contributed by atoms with Gasteiger partial charge in [-0.05, 0) is 24.6 Å². The Hall–Kier alpha value is -2.96. The third-order valence-electron chi connectivity index (χ3n) is 4.27. The minimum atomic E-state index is -0.348. The number of ether oxygens (including phenoxy) is 2. The Morgan fingerprint density at radius 3 is 3.00 bits per heavy atom. The van der Waals surface area contributed by atoms with E-state index in [0.717, 1.165) is 16.8 Å². The Kier molecular flexibility index (Phi) is 2.84. The van der Waals surface area contributed by atoms with Gasteiger partial charge in [-0.3, -0.25) is 5.10 Å². The smallest absolute Gasteiger partial charge is 0.337 e. The van der Waals surface area contributed by atoms with Crippen LogP contribution in [0.5, 0.6) is 11.5 Å². The number of methoxy groups -OCH3 is 1. The molecule has 0 spiro atoms. The van der Waals surface area contributed by atoms with E-state index in [1.54, 1.807) is 12.1 Å². The summed E-state index contributed by atoms with van der Waals surface area (Å²) in [6.07, 6.45) is 0. The van der Waals surface area contributed by atoms with E-state index in [9.17, 15) is 9.90 Å². The molecular formula is C16H15N3O4. The first-order valence-corrected chi connectivity index (χ1v) is 7.19. The average molecular weight is 313 g/mol. The number of nitrogens with zero attached hydrogens (tertiary/aromatic N) is 1. The molecule has 1 aromatic carbocycles. The normalized spacial score (nSPS) is 19.0. The minimum absolute atomic E-state index is 0.0275. The highest BCUT2D eigenvalue weighted by atomic mass is 16.5. The number of H-pyrrole nitrogens is 1. The summed E-state index contributed by atoms with van der Waals surface area (Å²) < 4.78 is 10.3. The summed E-state index contributed by atoms with van der Waals surface area (Å²) in [5.74, 6) is 0.403. The van der Waals surface area contributed by atoms with E-state index < -0.39 is 0 Å². The lowest BCUT2D eigenvalue weighted by Crippen LogP contribution is -2.19. The SMILES string of the molecule is COc1ccc([C@H]2C3=C(COC3=O)Nc3n[nH]c(C)c32)cc1O. The van der Waals surface area contributed by atoms with Gasteiger partial charge in [-0.1, -0.05) is 6.07 Å². The number of carbonyl (C=O) groups excluding carboxylic acids is 1. The molecule has 4 rings (SSSR count). The van der Waals surface area contributed by atoms with Gasteiger partial charge in [0, 0.05) is 17.2 Å². The number of esters is 1. The van der Waals surface area contributed by atoms with Crippen molar-refractivity contribution in [3.8, 4) is 11.5 Å². The maximum Gasteiger partial charge on any atom is 0.337 e. The van der Waals surface area contributed by atoms with Gasteiger partial charge >= 0.3 is 5.97 Å². The van der Waals surface area contributed by atoms with Crippen molar-refractivity contribution in [1.29, 1.82) is 0 Å². The number of anilines is 1. The van der Waals surface area contributed by atoms with Gasteiger partial charge in [-0.15, -0.1) is 0 Å². The zero-order valence-electron chi connectivity index (χ0n) is 12.6. The summed E-state index contributed by atoms with van der Waals surface area (Å²) in [5, 5.41) is 20.4. The largest absolute Gasteiger partial charge is 0.504 e. The van der Waals surface area contributed by atoms with Gasteiger partial charge in [0.25, 0.3) is 0 Å². The van der Waals surface area contributed by atoms with E-state index in [-0.39, 0.29) is 24.2 Å². The molecule has 2 aliphatic heterocycles. The molecule has 0 saturated carbocycles. The van der Waals surface area contributed by atoms with Crippen LogP contribution in [0, 0.1) is 6.92 Å². The number of aromatic nitrogens is 2. The first kappa shape index (κ1) is 13.7. The number of aryl methyl sites for hydroxylation is 1. The Morgan fingerprint density at radius 1 is 1.43 bits per heavy atom. The second-order valence-electron chi connectivity index (χ2n) is 5.57. The number of fused-ring (bicyclic) bond motifs is 1. The van der Waals surface area contributed by atoms with Gasteiger partial charge in [-0.2, -0.15) is 5.10 Å². The van der Waals surface area contributed by atoms with Crippen molar-refractivity contribution in [1.82, 2.24) is 10.2 Å². The molecule has 1 atom stereocenters. The molecular weight excluding hydrogens is 298 g/mol. The number of phenolic OH excluding ortho intramolecular Hbond substituents is 1. The molecule has 3 heterocycles. The number of carbonyl (C=O) groups is 1. The zero-order chi connectivity index (χ0) is 16.1. The van der Waals surface area contributed by atoms with Gasteiger partial charge < -0.3 is 19.9 Å². The molecule has 0 radical (unpaired) electrons. The molecule has 0 unspecified atom stereocenters. The van der Waals surface area contributed by atoms with Gasteiger partial charge in [0.15, 0.2) is 17.3 Å². The van der Waals surface area contributed by atoms with Gasteiger partial charge in [0.2, 0.25) is 0 Å². The number of nitrogens with one attached hydrogen (secondary N) is 2. The number of benzene rings is 1. The summed E-state index contributed by atoms with van der Waals surface area (Å²) in [4.78, 5) is 12.2. The number of aromatic hydroxyl groups is 1. The Morgan fingerprint density at radius 2 is 2.26 bits per heavy atom. The number of cyclic esters (lactones) is 1. The lowest BCUT2D eigenvalue weighted by molar-refractivity contribution is -0.136. The topological polar surface area (TPSA) is 96.5 Å². The molecule has 2 aromatic rings. The number of aromatic amines is 1. The van der Waals surface area contributed by atoms with Crippen molar-refractivity contribution in [3.63, 3.8) is 0 Å². The standard InChI is InChI=1S/C16H15N3O4/c1-7-12-13(8-3-4-11(22-2)10(20)5-8)14-9(6-23-16(14)21)17-15(12)19-18-7/h3-5,13,20H,6H2,1-2H3,(H2,17,18,19)/t13-/m1/s1. The lowest BCUT2D eigenvalue weighted by Gasteiger charge is -2.24. The number of hydrogen-bond donors (Lipinski definition) is 3. The molecule has 7 nitrogen and oxygen atoms in total. The van der Waals surface area contributed by atoms with E-state index >= 15 is 0 Å². The quantitative estimate of drug-likeness (QED) is 0.732. The van der Waals surface area contributed by atoms with Crippen LogP contribution >= 0.6 is 0 Å². The van der Waals surface area contributed by atoms with Crippen LogP contribution in [-0.2, 0) is 9.53 Å². The van der Waals surface area contributed by atoms with E-state index in [2.05, 4.69) is 15.5 Å². The molecule has 23 heavy (non-hydrogen) atoms. The number of rotatable bonds is 2. The Labute approximate surface area is 131 Å². The van der Waals surface area contributed by atoms with Crippen LogP contribution in [0.4, 0.5) is 5.82 Å². The summed E-state index contributed by atoms with van der Waals surface area (Å²) in [5.41, 5.74) is 3.80. The first-order chi connectivity index (χ1) is 11.1. The molecule has 3 N–H and O–H groups in total. The molecule has 0 fully saturated rings. The minimum Gasteiger partial charge on any atom is -0.504 e. The fourth-order valence-electron chi connectivity index (χ4n) is 3.21. The fraction of sp³-hybridized carbons (Fsp3) is 0.250. The molecule has 118 valence electrons. The summed E-state index contributed by atoms with van der Waals surface area (Å²) >= 11 is 0. The molecule has 7 heteroatoms. The van der Waals surface area contributed by atoms with Gasteiger partial charge in [-0.25, -0.2) is 4.79 Å². The maximum absolute atomic E-state index is 12.2. The van der Waals surface area contributed by atoms with Crippen LogP contribution in [0.25, 0.3) is 0 Å². The van der Waals surface area contributed by atoms with Crippen molar-refractivity contribution in [2.24, 2.45) is 0 Å². The second kappa shape index (κ2) is 4.77. The predicted octanol–water partition coefficient (Wildman–Crippen LogP) is 1.80. The molecule has 1 aromatic heterocycles. The lowest BCUT2D eigenvalue weighted by atomic mass is 9.82. The van der Waals surface area contributed by atoms with Crippen molar-refractivity contribution in [3.05, 3.63) is 46.3 Å². The van der Waals surface area contributed by atoms with Crippen molar-refractivity contribution < 1.29 is 19.4 Å². The van der Waals surface area contributed by atoms with Crippen LogP contribution in [-0.4, -0.2) is 35.0 Å². The molecule has 0 amide bonds.